The van der Waals surface area contributed by atoms with E-state index in [0.717, 1.165) is 40.3 Å². The van der Waals surface area contributed by atoms with Gasteiger partial charge >= 0.3 is 0 Å². The molecular weight excluding hydrogens is 322 g/mol. The van der Waals surface area contributed by atoms with E-state index in [1.165, 1.54) is 4.90 Å². The summed E-state index contributed by atoms with van der Waals surface area (Å²) >= 11 is 0.985. The Labute approximate surface area is 145 Å². The molecule has 0 N–H and O–H groups in total. The minimum absolute atomic E-state index is 0.218. The molecule has 0 saturated carbocycles. The van der Waals surface area contributed by atoms with E-state index in [2.05, 4.69) is 0 Å². The summed E-state index contributed by atoms with van der Waals surface area (Å²) in [4.78, 5) is 26.0. The molecule has 0 aliphatic carbocycles. The minimum Gasteiger partial charge on any atom is -0.493 e. The van der Waals surface area contributed by atoms with Crippen LogP contribution >= 0.6 is 11.8 Å². The number of fused-ring (bicyclic) bond motifs is 1. The van der Waals surface area contributed by atoms with Gasteiger partial charge in [-0.25, -0.2) is 0 Å². The lowest BCUT2D eigenvalue weighted by molar-refractivity contribution is -0.122. The second kappa shape index (κ2) is 7.09. The molecule has 5 heteroatoms. The number of benzene rings is 2. The van der Waals surface area contributed by atoms with Gasteiger partial charge < -0.3 is 4.74 Å². The van der Waals surface area contributed by atoms with Crippen molar-refractivity contribution in [2.45, 2.75) is 20.3 Å². The summed E-state index contributed by atoms with van der Waals surface area (Å²) < 4.78 is 5.86. The Morgan fingerprint density at radius 2 is 1.92 bits per heavy atom. The summed E-state index contributed by atoms with van der Waals surface area (Å²) in [6, 6.07) is 11.9. The smallest absolute Gasteiger partial charge is 0.293 e. The molecule has 0 aromatic heterocycles. The Hall–Kier alpha value is -2.27. The second-order valence-corrected chi connectivity index (χ2v) is 6.47. The van der Waals surface area contributed by atoms with Crippen molar-refractivity contribution in [1.29, 1.82) is 0 Å². The van der Waals surface area contributed by atoms with Gasteiger partial charge in [0.15, 0.2) is 0 Å². The molecule has 0 unspecified atom stereocenters. The number of amides is 2. The lowest BCUT2D eigenvalue weighted by atomic mass is 10.0. The number of rotatable bonds is 5. The van der Waals surface area contributed by atoms with E-state index in [4.69, 9.17) is 4.74 Å². The third-order valence-electron chi connectivity index (χ3n) is 3.86. The van der Waals surface area contributed by atoms with Crippen molar-refractivity contribution in [2.24, 2.45) is 0 Å². The first kappa shape index (κ1) is 16.6. The predicted octanol–water partition coefficient (Wildman–Crippen LogP) is 4.68. The number of ether oxygens (including phenoxy) is 1. The summed E-state index contributed by atoms with van der Waals surface area (Å²) in [6.45, 7) is 4.84. The summed E-state index contributed by atoms with van der Waals surface area (Å²) in [7, 11) is 0. The van der Waals surface area contributed by atoms with Crippen LogP contribution in [0.3, 0.4) is 0 Å². The first-order valence-corrected chi connectivity index (χ1v) is 8.87. The largest absolute Gasteiger partial charge is 0.493 e. The molecule has 0 atom stereocenters. The van der Waals surface area contributed by atoms with E-state index in [1.54, 1.807) is 13.0 Å². The van der Waals surface area contributed by atoms with Crippen LogP contribution in [0.1, 0.15) is 25.8 Å². The number of nitrogens with zero attached hydrogens (tertiary/aromatic N) is 1. The maximum Gasteiger partial charge on any atom is 0.293 e. The molecule has 0 radical (unpaired) electrons. The van der Waals surface area contributed by atoms with Crippen LogP contribution in [0.5, 0.6) is 5.75 Å². The molecule has 1 saturated heterocycles. The normalized spacial score (nSPS) is 16.4. The van der Waals surface area contributed by atoms with Gasteiger partial charge in [-0.1, -0.05) is 37.3 Å². The Kier molecular flexibility index (Phi) is 4.90. The maximum absolute atomic E-state index is 12.4. The monoisotopic (exact) mass is 341 g/mol. The molecule has 124 valence electrons. The number of hydrogen-bond donors (Lipinski definition) is 0. The van der Waals surface area contributed by atoms with E-state index < -0.39 is 0 Å². The Morgan fingerprint density at radius 1 is 1.12 bits per heavy atom. The van der Waals surface area contributed by atoms with Gasteiger partial charge in [0.2, 0.25) is 0 Å². The zero-order chi connectivity index (χ0) is 17.1. The molecule has 2 aromatic carbocycles. The van der Waals surface area contributed by atoms with Gasteiger partial charge in [-0.05, 0) is 48.0 Å². The molecule has 4 nitrogen and oxygen atoms in total. The number of likely N-dealkylation sites (N-methyl/N-ethyl adjacent to an activating group) is 1. The van der Waals surface area contributed by atoms with Crippen molar-refractivity contribution in [1.82, 2.24) is 4.90 Å². The number of imide groups is 1. The van der Waals surface area contributed by atoms with Gasteiger partial charge in [0, 0.05) is 12.1 Å². The van der Waals surface area contributed by atoms with Crippen LogP contribution in [0, 0.1) is 0 Å². The number of hydrogen-bond acceptors (Lipinski definition) is 4. The molecule has 24 heavy (non-hydrogen) atoms. The summed E-state index contributed by atoms with van der Waals surface area (Å²) in [6.07, 6.45) is 2.69. The highest BCUT2D eigenvalue weighted by atomic mass is 32.2. The fraction of sp³-hybridized carbons (Fsp3) is 0.263. The van der Waals surface area contributed by atoms with Gasteiger partial charge in [0.25, 0.3) is 11.1 Å². The van der Waals surface area contributed by atoms with Crippen molar-refractivity contribution in [2.75, 3.05) is 13.2 Å². The van der Waals surface area contributed by atoms with E-state index in [-0.39, 0.29) is 11.1 Å². The third kappa shape index (κ3) is 3.04. The Morgan fingerprint density at radius 3 is 2.62 bits per heavy atom. The molecule has 0 spiro atoms. The van der Waals surface area contributed by atoms with E-state index in [1.807, 2.05) is 43.3 Å². The zero-order valence-corrected chi connectivity index (χ0v) is 14.6. The highest BCUT2D eigenvalue weighted by Crippen LogP contribution is 2.36. The van der Waals surface area contributed by atoms with Crippen molar-refractivity contribution in [3.8, 4) is 5.75 Å². The number of carbonyl (C=O) groups is 2. The number of carbonyl (C=O) groups excluding carboxylic acids is 2. The summed E-state index contributed by atoms with van der Waals surface area (Å²) in [5.74, 6) is 0.501. The van der Waals surface area contributed by atoms with Crippen LogP contribution in [0.4, 0.5) is 4.79 Å². The van der Waals surface area contributed by atoms with Crippen LogP contribution < -0.4 is 4.74 Å². The third-order valence-corrected chi connectivity index (χ3v) is 4.77. The molecule has 0 bridgehead atoms. The van der Waals surface area contributed by atoms with Crippen molar-refractivity contribution in [3.05, 3.63) is 46.9 Å². The fourth-order valence-corrected chi connectivity index (χ4v) is 3.55. The average Bonchev–Trinajstić information content (AvgIpc) is 2.87. The quantitative estimate of drug-likeness (QED) is 0.741. The molecule has 1 fully saturated rings. The van der Waals surface area contributed by atoms with Gasteiger partial charge in [0.05, 0.1) is 11.5 Å². The highest BCUT2D eigenvalue weighted by Gasteiger charge is 2.34. The van der Waals surface area contributed by atoms with E-state index in [0.29, 0.717) is 18.1 Å². The molecule has 2 aromatic rings. The molecule has 1 aliphatic rings. The van der Waals surface area contributed by atoms with E-state index in [9.17, 15) is 9.59 Å². The van der Waals surface area contributed by atoms with Gasteiger partial charge in [-0.15, -0.1) is 0 Å². The zero-order valence-electron chi connectivity index (χ0n) is 13.7. The first-order chi connectivity index (χ1) is 11.7. The van der Waals surface area contributed by atoms with Gasteiger partial charge in [-0.3, -0.25) is 14.5 Å². The van der Waals surface area contributed by atoms with Crippen LogP contribution in [0.2, 0.25) is 0 Å². The summed E-state index contributed by atoms with van der Waals surface area (Å²) in [5, 5.41) is 1.86. The first-order valence-electron chi connectivity index (χ1n) is 8.05. The highest BCUT2D eigenvalue weighted by molar-refractivity contribution is 8.18. The topological polar surface area (TPSA) is 46.6 Å². The fourth-order valence-electron chi connectivity index (χ4n) is 2.67. The molecular formula is C19H19NO3S. The standard InChI is InChI=1S/C19H19NO3S/c1-3-11-23-16-10-9-13-7-5-6-8-14(13)15(16)12-17-18(21)20(4-2)19(22)24-17/h5-10,12H,3-4,11H2,1-2H3/b17-12-. The Bertz CT molecular complexity index is 828. The maximum atomic E-state index is 12.4. The van der Waals surface area contributed by atoms with Crippen molar-refractivity contribution < 1.29 is 14.3 Å². The molecule has 2 amide bonds. The lowest BCUT2D eigenvalue weighted by Crippen LogP contribution is -2.27. The average molecular weight is 341 g/mol. The van der Waals surface area contributed by atoms with Crippen LogP contribution in [-0.2, 0) is 4.79 Å². The molecule has 1 heterocycles. The van der Waals surface area contributed by atoms with Crippen LogP contribution in [-0.4, -0.2) is 29.2 Å². The van der Waals surface area contributed by atoms with Crippen molar-refractivity contribution >= 4 is 39.8 Å². The molecule has 3 rings (SSSR count). The second-order valence-electron chi connectivity index (χ2n) is 5.47. The minimum atomic E-state index is -0.234. The van der Waals surface area contributed by atoms with Gasteiger partial charge in [-0.2, -0.15) is 0 Å². The lowest BCUT2D eigenvalue weighted by Gasteiger charge is -2.12. The van der Waals surface area contributed by atoms with Gasteiger partial charge in [0.1, 0.15) is 5.75 Å². The van der Waals surface area contributed by atoms with Crippen molar-refractivity contribution in [3.63, 3.8) is 0 Å². The van der Waals surface area contributed by atoms with Crippen LogP contribution in [0.15, 0.2) is 41.3 Å². The number of thioether (sulfide) groups is 1. The predicted molar refractivity (Wildman–Crippen MR) is 98.1 cm³/mol. The van der Waals surface area contributed by atoms with Crippen LogP contribution in [0.25, 0.3) is 16.8 Å². The summed E-state index contributed by atoms with van der Waals surface area (Å²) in [5.41, 5.74) is 0.850. The molecule has 1 aliphatic heterocycles. The van der Waals surface area contributed by atoms with E-state index >= 15 is 0 Å². The Balaban J connectivity index is 2.11. The SMILES string of the molecule is CCCOc1ccc2ccccc2c1/C=C1\SC(=O)N(CC)C1=O.